The normalized spacial score (nSPS) is 19.8. The number of sulfonamides is 1. The Kier molecular flexibility index (Phi) is 6.52. The summed E-state index contributed by atoms with van der Waals surface area (Å²) >= 11 is 0. The largest absolute Gasteiger partial charge is 0.494 e. The quantitative estimate of drug-likeness (QED) is 0.651. The number of carbonyl (C=O) groups excluding carboxylic acids is 2. The van der Waals surface area contributed by atoms with E-state index in [9.17, 15) is 18.0 Å². The van der Waals surface area contributed by atoms with Crippen LogP contribution in [0.5, 0.6) is 5.75 Å². The van der Waals surface area contributed by atoms with Gasteiger partial charge in [0.1, 0.15) is 11.8 Å². The van der Waals surface area contributed by atoms with E-state index < -0.39 is 16.1 Å². The number of ether oxygens (including phenoxy) is 1. The van der Waals surface area contributed by atoms with E-state index in [1.165, 1.54) is 22.7 Å². The second-order valence-corrected chi connectivity index (χ2v) is 9.71. The highest BCUT2D eigenvalue weighted by molar-refractivity contribution is 7.89. The van der Waals surface area contributed by atoms with Crippen molar-refractivity contribution in [2.75, 3.05) is 39.3 Å². The Morgan fingerprint density at radius 3 is 2.41 bits per heavy atom. The second-order valence-electron chi connectivity index (χ2n) is 7.77. The molecule has 0 N–H and O–H groups in total. The van der Waals surface area contributed by atoms with Crippen LogP contribution in [0.2, 0.25) is 0 Å². The number of hydrogen-bond donors (Lipinski definition) is 0. The first-order valence-electron chi connectivity index (χ1n) is 10.8. The van der Waals surface area contributed by atoms with Gasteiger partial charge in [-0.1, -0.05) is 0 Å². The summed E-state index contributed by atoms with van der Waals surface area (Å²) in [5.74, 6) is 0.408. The van der Waals surface area contributed by atoms with Gasteiger partial charge in [-0.05, 0) is 56.2 Å². The number of rotatable bonds is 6. The summed E-state index contributed by atoms with van der Waals surface area (Å²) < 4.78 is 37.9. The van der Waals surface area contributed by atoms with E-state index in [4.69, 9.17) is 9.15 Å². The van der Waals surface area contributed by atoms with Gasteiger partial charge in [0.05, 0.1) is 17.8 Å². The highest BCUT2D eigenvalue weighted by atomic mass is 32.2. The van der Waals surface area contributed by atoms with Crippen molar-refractivity contribution in [3.05, 3.63) is 48.4 Å². The van der Waals surface area contributed by atoms with Gasteiger partial charge in [0.15, 0.2) is 5.76 Å². The molecule has 0 radical (unpaired) electrons. The van der Waals surface area contributed by atoms with Gasteiger partial charge in [-0.25, -0.2) is 8.42 Å². The Hall–Kier alpha value is -2.85. The molecule has 1 aromatic carbocycles. The lowest BCUT2D eigenvalue weighted by atomic mass is 10.1. The molecule has 2 amide bonds. The Labute approximate surface area is 187 Å². The number of likely N-dealkylation sites (tertiary alicyclic amines) is 1. The SMILES string of the molecule is CCOc1ccc(S(=O)(=O)N2CCN(C(=O)[C@@H]3CCCN3C(=O)c3ccco3)CC2)cc1. The molecule has 172 valence electrons. The highest BCUT2D eigenvalue weighted by Crippen LogP contribution is 2.24. The van der Waals surface area contributed by atoms with Crippen LogP contribution in [0, 0.1) is 0 Å². The van der Waals surface area contributed by atoms with Crippen LogP contribution < -0.4 is 4.74 Å². The van der Waals surface area contributed by atoms with Crippen molar-refractivity contribution in [2.45, 2.75) is 30.7 Å². The van der Waals surface area contributed by atoms with Crippen LogP contribution in [-0.2, 0) is 14.8 Å². The molecule has 3 heterocycles. The molecular weight excluding hydrogens is 434 g/mol. The number of piperazine rings is 1. The number of furan rings is 1. The van der Waals surface area contributed by atoms with E-state index in [0.29, 0.717) is 25.3 Å². The van der Waals surface area contributed by atoms with Crippen LogP contribution in [0.15, 0.2) is 52.0 Å². The minimum absolute atomic E-state index is 0.138. The third kappa shape index (κ3) is 4.37. The van der Waals surface area contributed by atoms with E-state index in [2.05, 4.69) is 0 Å². The van der Waals surface area contributed by atoms with Crippen LogP contribution in [0.1, 0.15) is 30.3 Å². The van der Waals surface area contributed by atoms with E-state index in [1.54, 1.807) is 34.1 Å². The molecule has 0 unspecified atom stereocenters. The summed E-state index contributed by atoms with van der Waals surface area (Å²) in [5.41, 5.74) is 0. The molecule has 2 aliphatic rings. The minimum atomic E-state index is -3.65. The van der Waals surface area contributed by atoms with E-state index in [1.807, 2.05) is 6.92 Å². The van der Waals surface area contributed by atoms with Gasteiger partial charge >= 0.3 is 0 Å². The summed E-state index contributed by atoms with van der Waals surface area (Å²) in [6, 6.07) is 9.05. The molecule has 32 heavy (non-hydrogen) atoms. The average molecular weight is 462 g/mol. The maximum Gasteiger partial charge on any atom is 0.290 e. The van der Waals surface area contributed by atoms with Gasteiger partial charge in [0.25, 0.3) is 5.91 Å². The lowest BCUT2D eigenvalue weighted by Crippen LogP contribution is -2.55. The summed E-state index contributed by atoms with van der Waals surface area (Å²) in [6.07, 6.45) is 2.77. The van der Waals surface area contributed by atoms with Crippen LogP contribution in [-0.4, -0.2) is 79.7 Å². The monoisotopic (exact) mass is 461 g/mol. The fourth-order valence-corrected chi connectivity index (χ4v) is 5.61. The van der Waals surface area contributed by atoms with Gasteiger partial charge < -0.3 is 19.0 Å². The third-order valence-electron chi connectivity index (χ3n) is 5.85. The Bertz CT molecular complexity index is 1040. The molecule has 0 bridgehead atoms. The van der Waals surface area contributed by atoms with Gasteiger partial charge in [0, 0.05) is 32.7 Å². The van der Waals surface area contributed by atoms with Gasteiger partial charge in [-0.15, -0.1) is 0 Å². The van der Waals surface area contributed by atoms with E-state index in [0.717, 1.165) is 6.42 Å². The lowest BCUT2D eigenvalue weighted by Gasteiger charge is -2.36. The maximum absolute atomic E-state index is 13.1. The Balaban J connectivity index is 1.38. The van der Waals surface area contributed by atoms with Gasteiger partial charge in [0.2, 0.25) is 15.9 Å². The molecule has 0 saturated carbocycles. The first-order valence-corrected chi connectivity index (χ1v) is 12.2. The first-order chi connectivity index (χ1) is 15.4. The fourth-order valence-electron chi connectivity index (χ4n) is 4.19. The third-order valence-corrected chi connectivity index (χ3v) is 7.77. The lowest BCUT2D eigenvalue weighted by molar-refractivity contribution is -0.136. The van der Waals surface area contributed by atoms with E-state index >= 15 is 0 Å². The predicted molar refractivity (Wildman–Crippen MR) is 116 cm³/mol. The molecule has 2 aromatic rings. The maximum atomic E-state index is 13.1. The Morgan fingerprint density at radius 1 is 1.06 bits per heavy atom. The molecule has 4 rings (SSSR count). The van der Waals surface area contributed by atoms with Crippen molar-refractivity contribution in [3.63, 3.8) is 0 Å². The zero-order chi connectivity index (χ0) is 22.7. The van der Waals surface area contributed by atoms with Crippen LogP contribution in [0.4, 0.5) is 0 Å². The van der Waals surface area contributed by atoms with Gasteiger partial charge in [-0.3, -0.25) is 9.59 Å². The molecule has 0 aliphatic carbocycles. The number of nitrogens with zero attached hydrogens (tertiary/aromatic N) is 3. The first kappa shape index (κ1) is 22.3. The van der Waals surface area contributed by atoms with Crippen LogP contribution in [0.3, 0.4) is 0 Å². The topological polar surface area (TPSA) is 100 Å². The summed E-state index contributed by atoms with van der Waals surface area (Å²) in [5, 5.41) is 0. The molecule has 1 atom stereocenters. The molecular formula is C22H27N3O6S. The molecule has 2 aliphatic heterocycles. The number of amides is 2. The zero-order valence-electron chi connectivity index (χ0n) is 18.0. The Morgan fingerprint density at radius 2 is 1.78 bits per heavy atom. The van der Waals surface area contributed by atoms with Crippen molar-refractivity contribution in [2.24, 2.45) is 0 Å². The van der Waals surface area contributed by atoms with Crippen LogP contribution in [0.25, 0.3) is 0 Å². The predicted octanol–water partition coefficient (Wildman–Crippen LogP) is 1.82. The number of benzene rings is 1. The molecule has 10 heteroatoms. The smallest absolute Gasteiger partial charge is 0.290 e. The highest BCUT2D eigenvalue weighted by Gasteiger charge is 2.39. The standard InChI is InChI=1S/C22H27N3O6S/c1-2-30-17-7-9-18(10-8-17)32(28,29)24-14-12-23(13-15-24)21(26)19-5-3-11-25(19)22(27)20-6-4-16-31-20/h4,6-10,16,19H,2-3,5,11-15H2,1H3/t19-/m0/s1. The van der Waals surface area contributed by atoms with Crippen LogP contribution >= 0.6 is 0 Å². The van der Waals surface area contributed by atoms with Crippen molar-refractivity contribution in [1.29, 1.82) is 0 Å². The van der Waals surface area contributed by atoms with Crippen molar-refractivity contribution in [1.82, 2.24) is 14.1 Å². The van der Waals surface area contributed by atoms with Crippen molar-refractivity contribution in [3.8, 4) is 5.75 Å². The van der Waals surface area contributed by atoms with Crippen molar-refractivity contribution < 1.29 is 27.2 Å². The molecule has 2 saturated heterocycles. The molecule has 9 nitrogen and oxygen atoms in total. The fraction of sp³-hybridized carbons (Fsp3) is 0.455. The molecule has 2 fully saturated rings. The minimum Gasteiger partial charge on any atom is -0.494 e. The van der Waals surface area contributed by atoms with Crippen molar-refractivity contribution >= 4 is 21.8 Å². The molecule has 0 spiro atoms. The second kappa shape index (κ2) is 9.33. The average Bonchev–Trinajstić information content (AvgIpc) is 3.51. The zero-order valence-corrected chi connectivity index (χ0v) is 18.8. The number of hydrogen-bond acceptors (Lipinski definition) is 6. The summed E-state index contributed by atoms with van der Waals surface area (Å²) in [4.78, 5) is 29.2. The van der Waals surface area contributed by atoms with Gasteiger partial charge in [-0.2, -0.15) is 4.31 Å². The number of carbonyl (C=O) groups is 2. The summed E-state index contributed by atoms with van der Waals surface area (Å²) in [7, 11) is -3.65. The van der Waals surface area contributed by atoms with E-state index in [-0.39, 0.29) is 48.6 Å². The summed E-state index contributed by atoms with van der Waals surface area (Å²) in [6.45, 7) is 3.86. The molecule has 1 aromatic heterocycles.